The molecule has 4 unspecified atom stereocenters. The zero-order chi connectivity index (χ0) is 96.3. The first-order valence-electron chi connectivity index (χ1n) is 48.2. The fourth-order valence-corrected chi connectivity index (χ4v) is 18.1. The fraction of sp³-hybridized carbons (Fsp3) is 0.519. The van der Waals surface area contributed by atoms with Gasteiger partial charge in [-0.2, -0.15) is 0 Å². The van der Waals surface area contributed by atoms with E-state index in [1.165, 1.54) is 0 Å². The van der Waals surface area contributed by atoms with Crippen LogP contribution >= 0.6 is 23.2 Å². The summed E-state index contributed by atoms with van der Waals surface area (Å²) in [6, 6.07) is 11.8. The second-order valence-corrected chi connectivity index (χ2v) is 37.3. The minimum absolute atomic E-state index is 0.0309. The number of hydrogen-bond acceptors (Lipinski definition) is 20. The van der Waals surface area contributed by atoms with E-state index in [0.29, 0.717) is 168 Å². The number of carbonyl (C=O) groups excluding carboxylic acids is 8. The van der Waals surface area contributed by atoms with Gasteiger partial charge in [-0.1, -0.05) is 192 Å². The molecular weight excluding hydrogens is 1740 g/mol. The Morgan fingerprint density at radius 3 is 0.828 bits per heavy atom. The summed E-state index contributed by atoms with van der Waals surface area (Å²) in [6.07, 6.45) is 52.2. The van der Waals surface area contributed by atoms with Crippen LogP contribution in [0, 0.1) is 79.1 Å². The quantitative estimate of drug-likeness (QED) is 0.0552. The number of aryl methyl sites for hydroxylation is 8. The molecule has 0 radical (unpaired) electrons. The third-order valence-corrected chi connectivity index (χ3v) is 25.4. The molecule has 0 spiro atoms. The smallest absolute Gasteiger partial charge is 0.338 e. The van der Waals surface area contributed by atoms with Gasteiger partial charge >= 0.3 is 23.9 Å². The number of allylic oxidation sites excluding steroid dienone is 12. The molecule has 4 aromatic rings. The van der Waals surface area contributed by atoms with E-state index in [2.05, 4.69) is 84.8 Å². The van der Waals surface area contributed by atoms with Gasteiger partial charge in [0.15, 0.2) is 26.4 Å². The van der Waals surface area contributed by atoms with Gasteiger partial charge in [0.05, 0.1) is 71.5 Å². The molecule has 26 heteroatoms. The highest BCUT2D eigenvalue weighted by molar-refractivity contribution is 6.33. The minimum Gasteiger partial charge on any atom is -0.462 e. The second-order valence-electron chi connectivity index (χ2n) is 36.6. The number of cyclic esters (lactones) is 4. The van der Waals surface area contributed by atoms with Crippen LogP contribution in [0.4, 0.5) is 0 Å². The van der Waals surface area contributed by atoms with Gasteiger partial charge in [0, 0.05) is 88.1 Å². The van der Waals surface area contributed by atoms with E-state index in [0.717, 1.165) is 211 Å². The minimum atomic E-state index is -0.390. The van der Waals surface area contributed by atoms with Crippen molar-refractivity contribution in [3.63, 3.8) is 0 Å². The highest BCUT2D eigenvalue weighted by Crippen LogP contribution is 2.33. The molecule has 0 saturated carbocycles. The Bertz CT molecular complexity index is 4760. The largest absolute Gasteiger partial charge is 0.462 e. The third-order valence-electron chi connectivity index (χ3n) is 24.4. The lowest BCUT2D eigenvalue weighted by Crippen LogP contribution is -2.40. The maximum atomic E-state index is 12.9. The number of carbonyl (C=O) groups is 8. The molecule has 4 saturated heterocycles. The van der Waals surface area contributed by atoms with Crippen LogP contribution in [0.15, 0.2) is 154 Å². The second kappa shape index (κ2) is 57.0. The third kappa shape index (κ3) is 35.7. The monoisotopic (exact) mass is 1880 g/mol. The van der Waals surface area contributed by atoms with Crippen molar-refractivity contribution < 1.29 is 76.7 Å². The molecule has 24 nitrogen and oxygen atoms in total. The van der Waals surface area contributed by atoms with Crippen LogP contribution < -0.4 is 0 Å². The molecule has 12 rings (SSSR count). The molecular formula is C108H142Cl2N8O16. The van der Waals surface area contributed by atoms with Gasteiger partial charge < -0.3 is 57.9 Å². The molecule has 4 aromatic carbocycles. The number of ether oxygens (including phenoxy) is 4. The maximum absolute atomic E-state index is 12.9. The van der Waals surface area contributed by atoms with Gasteiger partial charge in [-0.05, 0) is 287 Å². The highest BCUT2D eigenvalue weighted by atomic mass is 35.5. The molecule has 4 amide bonds. The van der Waals surface area contributed by atoms with E-state index in [-0.39, 0.29) is 62.0 Å². The van der Waals surface area contributed by atoms with E-state index in [4.69, 9.17) is 61.5 Å². The Balaban J connectivity index is 0.000000201. The number of piperidine rings is 4. The van der Waals surface area contributed by atoms with Crippen LogP contribution in [0.25, 0.3) is 0 Å². The number of likely N-dealkylation sites (tertiary alicyclic amines) is 4. The molecule has 0 aliphatic carbocycles. The average molecular weight is 1880 g/mol. The van der Waals surface area contributed by atoms with Gasteiger partial charge in [-0.3, -0.25) is 19.2 Å². The number of hydrogen-bond donors (Lipinski definition) is 0. The van der Waals surface area contributed by atoms with E-state index >= 15 is 0 Å². The lowest BCUT2D eigenvalue weighted by Gasteiger charge is -2.30. The number of rotatable bonds is 12. The van der Waals surface area contributed by atoms with Crippen molar-refractivity contribution in [2.75, 3.05) is 105 Å². The summed E-state index contributed by atoms with van der Waals surface area (Å²) in [7, 11) is 0. The number of oxime groups is 4. The molecule has 0 aromatic heterocycles. The Labute approximate surface area is 804 Å². The van der Waals surface area contributed by atoms with Gasteiger partial charge in [-0.25, -0.2) is 19.2 Å². The van der Waals surface area contributed by atoms with Crippen molar-refractivity contribution in [1.29, 1.82) is 0 Å². The number of fused-ring (bicyclic) bond motifs is 4. The first kappa shape index (κ1) is 107. The molecule has 134 heavy (non-hydrogen) atoms. The predicted octanol–water partition coefficient (Wildman–Crippen LogP) is 21.0. The summed E-state index contributed by atoms with van der Waals surface area (Å²) in [5, 5.41) is 18.2. The van der Waals surface area contributed by atoms with Crippen LogP contribution in [0.3, 0.4) is 0 Å². The van der Waals surface area contributed by atoms with E-state index in [1.54, 1.807) is 0 Å². The molecule has 8 aliphatic rings. The molecule has 4 atom stereocenters. The van der Waals surface area contributed by atoms with Gasteiger partial charge in [0.2, 0.25) is 0 Å². The number of halogens is 2. The number of nitrogens with zero attached hydrogens (tertiary/aromatic N) is 8. The molecule has 4 fully saturated rings. The number of benzene rings is 4. The standard InChI is InChI=1S/2C27H35ClN2O4.2C27H36N2O4/c2*1-19-11-10-13-30(17-19)24(31)18-34-29-22-12-8-6-4-5-7-9-14-33-27(32)25-20(2)15-21(3)26(28)23(25)16-22;2*1-20-11-10-13-29(18-20)25(30)19-33-28-24-12-8-6-4-5-7-9-14-32-27(31)26-22(3)15-21(2)16-23(26)17-24/h2*5,7-8,12,15,19H,4,6,9-11,13-14,16-18H2,1-3H3;2*5,7-8,12,15-16,20H,4,6,9-11,13-14,17-19H2,1-3H3/b7-5+,12-8+,29-22+;7-5+,12-8+,29-22-;7-5+,12-8+,28-24+;7-5+,12-8+,28-24-. The van der Waals surface area contributed by atoms with Crippen molar-refractivity contribution in [2.24, 2.45) is 44.3 Å². The fourth-order valence-electron chi connectivity index (χ4n) is 17.7. The Morgan fingerprint density at radius 1 is 0.321 bits per heavy atom. The molecule has 8 aliphatic heterocycles. The van der Waals surface area contributed by atoms with Gasteiger partial charge in [0.25, 0.3) is 23.6 Å². The van der Waals surface area contributed by atoms with Crippen LogP contribution in [0.2, 0.25) is 10.0 Å². The van der Waals surface area contributed by atoms with E-state index < -0.39 is 11.9 Å². The highest BCUT2D eigenvalue weighted by Gasteiger charge is 2.30. The first-order chi connectivity index (χ1) is 64.6. The summed E-state index contributed by atoms with van der Waals surface area (Å²) >= 11 is 13.3. The summed E-state index contributed by atoms with van der Waals surface area (Å²) in [6.45, 7) is 31.3. The molecule has 0 N–H and O–H groups in total. The van der Waals surface area contributed by atoms with Crippen molar-refractivity contribution >= 4 is 93.6 Å². The van der Waals surface area contributed by atoms with E-state index in [1.807, 2.05) is 172 Å². The normalized spacial score (nSPS) is 23.1. The van der Waals surface area contributed by atoms with Gasteiger partial charge in [0.1, 0.15) is 0 Å². The van der Waals surface area contributed by atoms with Crippen molar-refractivity contribution in [2.45, 2.75) is 237 Å². The number of amides is 4. The molecule has 8 heterocycles. The summed E-state index contributed by atoms with van der Waals surface area (Å²) in [5.41, 5.74) is 15.0. The van der Waals surface area contributed by atoms with E-state index in [9.17, 15) is 38.4 Å². The zero-order valence-corrected chi connectivity index (χ0v) is 82.7. The lowest BCUT2D eigenvalue weighted by atomic mass is 9.94. The number of esters is 4. The SMILES string of the molecule is Cc1cc(C)c2c(c1)CC(=N/OCC(=O)N1CCCC(C)C1)/C=C/CC/C=C/CCOC2=O.Cc1cc(C)c2c(c1)CC(=N\OCC(=O)N1CCCC(C)C1)/C=C/CC/C=C/CCOC2=O.Cc1cc(C)c2c(c1Cl)CC(=N/OCC(=O)N1CCCC(C)C1)/C=C/CC/C=C/CCOC2=O.Cc1cc(C)c2c(c1Cl)CC(=N\OCC(=O)N1CCCC(C)C1)/C=C/CC/C=C/CCOC2=O. The lowest BCUT2D eigenvalue weighted by molar-refractivity contribution is -0.138. The van der Waals surface area contributed by atoms with Crippen LogP contribution in [0.5, 0.6) is 0 Å². The van der Waals surface area contributed by atoms with Crippen LogP contribution in [-0.2, 0) is 83.2 Å². The average Bonchev–Trinajstić information content (AvgIpc) is 0.795. The maximum Gasteiger partial charge on any atom is 0.338 e. The van der Waals surface area contributed by atoms with Crippen molar-refractivity contribution in [3.8, 4) is 0 Å². The predicted molar refractivity (Wildman–Crippen MR) is 532 cm³/mol. The van der Waals surface area contributed by atoms with Crippen molar-refractivity contribution in [3.05, 3.63) is 233 Å². The zero-order valence-electron chi connectivity index (χ0n) is 81.2. The Morgan fingerprint density at radius 2 is 0.560 bits per heavy atom. The molecule has 0 bridgehead atoms. The Hall–Kier alpha value is -11.0. The molecule has 724 valence electrons. The summed E-state index contributed by atoms with van der Waals surface area (Å²) < 4.78 is 22.1. The topological polar surface area (TPSA) is 273 Å². The summed E-state index contributed by atoms with van der Waals surface area (Å²) in [4.78, 5) is 131. The Kier molecular flexibility index (Phi) is 45.4. The summed E-state index contributed by atoms with van der Waals surface area (Å²) in [5.74, 6) is 0.472. The van der Waals surface area contributed by atoms with Crippen LogP contribution in [-0.4, -0.2) is 195 Å². The van der Waals surface area contributed by atoms with Gasteiger partial charge in [-0.15, -0.1) is 0 Å². The first-order valence-corrected chi connectivity index (χ1v) is 48.9. The van der Waals surface area contributed by atoms with Crippen molar-refractivity contribution in [1.82, 2.24) is 19.6 Å². The van der Waals surface area contributed by atoms with Crippen LogP contribution in [0.1, 0.15) is 264 Å².